The largest absolute Gasteiger partial charge is 0.481 e. The molecule has 2 fully saturated rings. The Morgan fingerprint density at radius 1 is 0.905 bits per heavy atom. The number of carboxylic acids is 1. The summed E-state index contributed by atoms with van der Waals surface area (Å²) in [5, 5.41) is 19.8. The van der Waals surface area contributed by atoms with Gasteiger partial charge < -0.3 is 15.1 Å². The molecule has 1 saturated carbocycles. The van der Waals surface area contributed by atoms with Gasteiger partial charge in [0, 0.05) is 23.9 Å². The molecule has 1 heterocycles. The normalized spacial score (nSPS) is 27.6. The number of halogens is 4. The lowest BCUT2D eigenvalue weighted by molar-refractivity contribution is -0.228. The molecule has 0 radical (unpaired) electrons. The van der Waals surface area contributed by atoms with E-state index in [1.807, 2.05) is 29.2 Å². The number of benzene rings is 2. The zero-order chi connectivity index (χ0) is 30.7. The minimum absolute atomic E-state index is 0.0246. The number of alkyl halides is 4. The number of aliphatic carboxylic acids is 1. The Morgan fingerprint density at radius 2 is 1.50 bits per heavy atom. The third-order valence-corrected chi connectivity index (χ3v) is 10.1. The summed E-state index contributed by atoms with van der Waals surface area (Å²) in [5.41, 5.74) is -2.21. The molecule has 2 aliphatic carbocycles. The lowest BCUT2D eigenvalue weighted by atomic mass is 9.63. The van der Waals surface area contributed by atoms with Gasteiger partial charge >= 0.3 is 12.1 Å². The Kier molecular flexibility index (Phi) is 7.74. The number of rotatable bonds is 6. The van der Waals surface area contributed by atoms with Crippen LogP contribution < -0.4 is 0 Å². The highest BCUT2D eigenvalue weighted by Crippen LogP contribution is 2.51. The molecule has 2 aromatic rings. The highest BCUT2D eigenvalue weighted by Gasteiger charge is 2.56. The standard InChI is InChI=1S/C33H39F4NO4/c1-30(2,42)24-11-4-20(5-12-24)19-32-16-17-38(28(39)21-6-8-22(9-7-21)29(40)41)27(32)15-10-23-18-25(13-14-26(23)32)31(3,34)33(35,36)37/h4-5,11-14,18,21-22,27,42H,6-10,15-17,19H2,1-3H3,(H,40,41)/t21-,22-,27?,31?,32?. The van der Waals surface area contributed by atoms with E-state index in [9.17, 15) is 37.4 Å². The first kappa shape index (κ1) is 30.5. The molecule has 3 unspecified atom stereocenters. The number of aryl methyl sites for hydroxylation is 1. The lowest BCUT2D eigenvalue weighted by Crippen LogP contribution is -2.51. The van der Waals surface area contributed by atoms with Crippen molar-refractivity contribution in [3.05, 3.63) is 70.3 Å². The van der Waals surface area contributed by atoms with Crippen LogP contribution in [0.5, 0.6) is 0 Å². The third-order valence-electron chi connectivity index (χ3n) is 10.1. The van der Waals surface area contributed by atoms with Crippen LogP contribution in [-0.4, -0.2) is 45.8 Å². The number of aliphatic hydroxyl groups is 1. The van der Waals surface area contributed by atoms with E-state index in [2.05, 4.69) is 0 Å². The van der Waals surface area contributed by atoms with Crippen molar-refractivity contribution < 1.29 is 37.4 Å². The fraction of sp³-hybridized carbons (Fsp3) is 0.576. The maximum absolute atomic E-state index is 15.0. The monoisotopic (exact) mass is 589 g/mol. The summed E-state index contributed by atoms with van der Waals surface area (Å²) in [7, 11) is 0. The summed E-state index contributed by atoms with van der Waals surface area (Å²) >= 11 is 0. The Bertz CT molecular complexity index is 1340. The van der Waals surface area contributed by atoms with Gasteiger partial charge in [0.2, 0.25) is 11.6 Å². The van der Waals surface area contributed by atoms with Crippen LogP contribution in [0.3, 0.4) is 0 Å². The van der Waals surface area contributed by atoms with E-state index in [1.54, 1.807) is 19.9 Å². The second kappa shape index (κ2) is 10.6. The summed E-state index contributed by atoms with van der Waals surface area (Å²) < 4.78 is 55.6. The fourth-order valence-corrected chi connectivity index (χ4v) is 7.50. The van der Waals surface area contributed by atoms with Crippen molar-refractivity contribution in [1.82, 2.24) is 4.90 Å². The number of carboxylic acid groups (broad SMARTS) is 1. The molecule has 1 amide bonds. The number of amides is 1. The van der Waals surface area contributed by atoms with Crippen molar-refractivity contribution in [3.8, 4) is 0 Å². The van der Waals surface area contributed by atoms with E-state index >= 15 is 0 Å². The molecule has 0 bridgehead atoms. The Hall–Kier alpha value is -2.94. The van der Waals surface area contributed by atoms with Crippen LogP contribution in [0, 0.1) is 11.8 Å². The van der Waals surface area contributed by atoms with Crippen LogP contribution in [-0.2, 0) is 39.1 Å². The first-order valence-electron chi connectivity index (χ1n) is 14.8. The van der Waals surface area contributed by atoms with Gasteiger partial charge in [-0.25, -0.2) is 4.39 Å². The third kappa shape index (κ3) is 5.33. The van der Waals surface area contributed by atoms with Gasteiger partial charge in [-0.1, -0.05) is 42.5 Å². The first-order valence-corrected chi connectivity index (χ1v) is 14.8. The number of carbonyl (C=O) groups excluding carboxylic acids is 1. The molecule has 0 spiro atoms. The number of likely N-dealkylation sites (tertiary alicyclic amines) is 1. The molecule has 2 N–H and O–H groups in total. The van der Waals surface area contributed by atoms with Gasteiger partial charge in [-0.05, 0) is 100.0 Å². The number of nitrogens with zero attached hydrogens (tertiary/aromatic N) is 1. The predicted molar refractivity (Wildman–Crippen MR) is 150 cm³/mol. The highest BCUT2D eigenvalue weighted by atomic mass is 19.4. The van der Waals surface area contributed by atoms with Gasteiger partial charge in [0.15, 0.2) is 0 Å². The predicted octanol–water partition coefficient (Wildman–Crippen LogP) is 6.58. The average molecular weight is 590 g/mol. The molecule has 5 nitrogen and oxygen atoms in total. The Labute approximate surface area is 243 Å². The zero-order valence-electron chi connectivity index (χ0n) is 24.3. The second-order valence-corrected chi connectivity index (χ2v) is 13.2. The van der Waals surface area contributed by atoms with E-state index in [-0.39, 0.29) is 17.9 Å². The van der Waals surface area contributed by atoms with Crippen LogP contribution in [0.15, 0.2) is 42.5 Å². The van der Waals surface area contributed by atoms with Crippen LogP contribution in [0.4, 0.5) is 17.6 Å². The van der Waals surface area contributed by atoms with Crippen molar-refractivity contribution in [2.45, 2.75) is 101 Å². The molecule has 0 aromatic heterocycles. The number of hydrogen-bond acceptors (Lipinski definition) is 3. The molecule has 2 aromatic carbocycles. The fourth-order valence-electron chi connectivity index (χ4n) is 7.50. The van der Waals surface area contributed by atoms with Crippen LogP contribution in [0.1, 0.15) is 87.1 Å². The Morgan fingerprint density at radius 3 is 2.07 bits per heavy atom. The number of fused-ring (bicyclic) bond motifs is 3. The van der Waals surface area contributed by atoms with Crippen LogP contribution in [0.25, 0.3) is 0 Å². The van der Waals surface area contributed by atoms with E-state index in [4.69, 9.17) is 0 Å². The summed E-state index contributed by atoms with van der Waals surface area (Å²) in [6.07, 6.45) is -0.939. The van der Waals surface area contributed by atoms with Crippen molar-refractivity contribution in [3.63, 3.8) is 0 Å². The van der Waals surface area contributed by atoms with Gasteiger partial charge in [0.05, 0.1) is 11.5 Å². The highest BCUT2D eigenvalue weighted by molar-refractivity contribution is 5.80. The summed E-state index contributed by atoms with van der Waals surface area (Å²) in [5.74, 6) is -1.47. The lowest BCUT2D eigenvalue weighted by Gasteiger charge is -2.45. The molecule has 3 aliphatic rings. The SMILES string of the molecule is CC(C)(O)c1ccc(CC23CCN(C(=O)[C@H]4CC[C@H](C(=O)O)CC4)C2CCc2cc(C(C)(F)C(F)(F)F)ccc23)cc1. The molecule has 3 atom stereocenters. The van der Waals surface area contributed by atoms with Gasteiger partial charge in [-0.3, -0.25) is 9.59 Å². The van der Waals surface area contributed by atoms with E-state index < -0.39 is 40.3 Å². The molecule has 1 aliphatic heterocycles. The van der Waals surface area contributed by atoms with Crippen molar-refractivity contribution >= 4 is 11.9 Å². The minimum atomic E-state index is -5.05. The molecule has 1 saturated heterocycles. The van der Waals surface area contributed by atoms with Crippen molar-refractivity contribution in [2.24, 2.45) is 11.8 Å². The summed E-state index contributed by atoms with van der Waals surface area (Å²) in [4.78, 5) is 27.2. The molecule has 5 rings (SSSR count). The van der Waals surface area contributed by atoms with Gasteiger partial charge in [-0.15, -0.1) is 0 Å². The smallest absolute Gasteiger partial charge is 0.426 e. The first-order chi connectivity index (χ1) is 19.5. The molecular weight excluding hydrogens is 550 g/mol. The molecule has 9 heteroatoms. The second-order valence-electron chi connectivity index (χ2n) is 13.2. The van der Waals surface area contributed by atoms with Crippen LogP contribution in [0.2, 0.25) is 0 Å². The number of carbonyl (C=O) groups is 2. The Balaban J connectivity index is 1.50. The number of hydrogen-bond donors (Lipinski definition) is 2. The van der Waals surface area contributed by atoms with Crippen molar-refractivity contribution in [2.75, 3.05) is 6.54 Å². The molecule has 42 heavy (non-hydrogen) atoms. The molecular formula is C33H39F4NO4. The van der Waals surface area contributed by atoms with Crippen LogP contribution >= 0.6 is 0 Å². The maximum Gasteiger partial charge on any atom is 0.426 e. The van der Waals surface area contributed by atoms with E-state index in [0.717, 1.165) is 16.7 Å². The molecule has 228 valence electrons. The van der Waals surface area contributed by atoms with Crippen molar-refractivity contribution in [1.29, 1.82) is 0 Å². The maximum atomic E-state index is 15.0. The van der Waals surface area contributed by atoms with E-state index in [0.29, 0.717) is 70.4 Å². The zero-order valence-corrected chi connectivity index (χ0v) is 24.3. The van der Waals surface area contributed by atoms with Gasteiger partial charge in [0.25, 0.3) is 0 Å². The van der Waals surface area contributed by atoms with Gasteiger partial charge in [-0.2, -0.15) is 13.2 Å². The summed E-state index contributed by atoms with van der Waals surface area (Å²) in [6.45, 7) is 4.45. The topological polar surface area (TPSA) is 77.8 Å². The average Bonchev–Trinajstić information content (AvgIpc) is 3.31. The van der Waals surface area contributed by atoms with E-state index in [1.165, 1.54) is 12.1 Å². The minimum Gasteiger partial charge on any atom is -0.481 e. The van der Waals surface area contributed by atoms with Gasteiger partial charge in [0.1, 0.15) is 0 Å². The quantitative estimate of drug-likeness (QED) is 0.373. The summed E-state index contributed by atoms with van der Waals surface area (Å²) in [6, 6.07) is 11.7.